The predicted octanol–water partition coefficient (Wildman–Crippen LogP) is 4.92. The van der Waals surface area contributed by atoms with Gasteiger partial charge in [-0.1, -0.05) is 25.1 Å². The van der Waals surface area contributed by atoms with Crippen LogP contribution in [0.2, 0.25) is 0 Å². The fraction of sp³-hybridized carbons (Fsp3) is 0.308. The highest BCUT2D eigenvalue weighted by atomic mass is 19.1. The normalized spacial score (nSPS) is 14.4. The Balaban J connectivity index is 1.35. The van der Waals surface area contributed by atoms with Crippen LogP contribution in [0.15, 0.2) is 53.3 Å². The lowest BCUT2D eigenvalue weighted by Crippen LogP contribution is -2.35. The minimum atomic E-state index is -0.451. The first-order valence-electron chi connectivity index (χ1n) is 12.3. The number of piperidine rings is 1. The van der Waals surface area contributed by atoms with Crippen LogP contribution >= 0.6 is 0 Å². The van der Waals surface area contributed by atoms with Gasteiger partial charge in [-0.15, -0.1) is 10.2 Å². The van der Waals surface area contributed by atoms with Crippen LogP contribution in [0.4, 0.5) is 10.3 Å². The summed E-state index contributed by atoms with van der Waals surface area (Å²) in [6, 6.07) is 9.29. The van der Waals surface area contributed by atoms with Gasteiger partial charge in [0.15, 0.2) is 11.5 Å². The molecule has 4 aromatic heterocycles. The van der Waals surface area contributed by atoms with Gasteiger partial charge in [0.2, 0.25) is 11.8 Å². The van der Waals surface area contributed by atoms with Gasteiger partial charge in [0.1, 0.15) is 11.4 Å². The van der Waals surface area contributed by atoms with Crippen molar-refractivity contribution < 1.29 is 13.5 Å². The third kappa shape index (κ3) is 4.48. The van der Waals surface area contributed by atoms with E-state index in [1.54, 1.807) is 19.1 Å². The fourth-order valence-corrected chi connectivity index (χ4v) is 4.59. The quantitative estimate of drug-likeness (QED) is 0.321. The molecule has 1 fully saturated rings. The minimum absolute atomic E-state index is 0.0231. The molecule has 0 saturated carbocycles. The molecule has 1 aliphatic heterocycles. The maximum atomic E-state index is 15.4. The lowest BCUT2D eigenvalue weighted by atomic mass is 10.1. The summed E-state index contributed by atoms with van der Waals surface area (Å²) in [7, 11) is 0. The molecule has 11 heteroatoms. The molecule has 5 aromatic rings. The Kier molecular flexibility index (Phi) is 5.95. The monoisotopic (exact) mass is 500 g/mol. The standard InChI is InChI=1S/C26H25FN8O2/c1-3-17-13-28-25(29-14-17)34-11-9-18(10-12-34)35-15-20(27)21-22(24-33-32-16(2)36-24)30-26(31-23(21)35)37-19-7-5-4-6-8-19/h4-8,13-15,18H,3,9-12H2,1-2H3. The Morgan fingerprint density at radius 3 is 2.49 bits per heavy atom. The Labute approximate surface area is 212 Å². The molecule has 5 heterocycles. The SMILES string of the molecule is CCc1cnc(N2CCC(n3cc(F)c4c(-c5nnc(C)o5)nc(Oc5ccccc5)nc43)CC2)nc1. The lowest BCUT2D eigenvalue weighted by Gasteiger charge is -2.32. The van der Waals surface area contributed by atoms with Crippen molar-refractivity contribution in [2.75, 3.05) is 18.0 Å². The fourth-order valence-electron chi connectivity index (χ4n) is 4.59. The Hall–Kier alpha value is -4.41. The highest BCUT2D eigenvalue weighted by molar-refractivity contribution is 5.90. The van der Waals surface area contributed by atoms with Crippen molar-refractivity contribution in [3.8, 4) is 23.3 Å². The molecule has 0 amide bonds. The molecule has 0 unspecified atom stereocenters. The van der Waals surface area contributed by atoms with Gasteiger partial charge in [-0.05, 0) is 37.0 Å². The molecule has 0 radical (unpaired) electrons. The number of hydrogen-bond donors (Lipinski definition) is 0. The van der Waals surface area contributed by atoms with Crippen molar-refractivity contribution >= 4 is 17.0 Å². The number of hydrogen-bond acceptors (Lipinski definition) is 9. The summed E-state index contributed by atoms with van der Waals surface area (Å²) in [5.41, 5.74) is 1.73. The summed E-state index contributed by atoms with van der Waals surface area (Å²) < 4.78 is 28.8. The Bertz CT molecular complexity index is 1530. The van der Waals surface area contributed by atoms with Crippen LogP contribution in [0, 0.1) is 12.7 Å². The summed E-state index contributed by atoms with van der Waals surface area (Å²) in [6.07, 6.45) is 7.67. The first-order valence-corrected chi connectivity index (χ1v) is 12.3. The van der Waals surface area contributed by atoms with Crippen molar-refractivity contribution in [3.05, 3.63) is 66.2 Å². The number of aromatic nitrogens is 7. The van der Waals surface area contributed by atoms with E-state index in [0.29, 0.717) is 23.2 Å². The third-order valence-electron chi connectivity index (χ3n) is 6.53. The zero-order valence-corrected chi connectivity index (χ0v) is 20.5. The molecule has 0 N–H and O–H groups in total. The number of fused-ring (bicyclic) bond motifs is 1. The summed E-state index contributed by atoms with van der Waals surface area (Å²) in [4.78, 5) is 20.3. The van der Waals surface area contributed by atoms with Gasteiger partial charge in [-0.25, -0.2) is 14.4 Å². The van der Waals surface area contributed by atoms with Crippen LogP contribution in [0.1, 0.15) is 37.3 Å². The van der Waals surface area contributed by atoms with Gasteiger partial charge in [0, 0.05) is 44.6 Å². The number of rotatable bonds is 6. The van der Waals surface area contributed by atoms with E-state index < -0.39 is 5.82 Å². The van der Waals surface area contributed by atoms with Crippen molar-refractivity contribution in [2.24, 2.45) is 0 Å². The van der Waals surface area contributed by atoms with E-state index in [9.17, 15) is 0 Å². The third-order valence-corrected chi connectivity index (χ3v) is 6.53. The van der Waals surface area contributed by atoms with Gasteiger partial charge in [0.05, 0.1) is 5.39 Å². The zero-order valence-electron chi connectivity index (χ0n) is 20.5. The molecular formula is C26H25FN8O2. The number of aryl methyl sites for hydroxylation is 2. The average Bonchev–Trinajstić information content (AvgIpc) is 3.52. The maximum absolute atomic E-state index is 15.4. The van der Waals surface area contributed by atoms with Gasteiger partial charge in [0.25, 0.3) is 5.89 Å². The lowest BCUT2D eigenvalue weighted by molar-refractivity contribution is 0.396. The predicted molar refractivity (Wildman–Crippen MR) is 134 cm³/mol. The largest absolute Gasteiger partial charge is 0.424 e. The van der Waals surface area contributed by atoms with E-state index in [1.807, 2.05) is 35.2 Å². The molecule has 0 bridgehead atoms. The Morgan fingerprint density at radius 1 is 1.05 bits per heavy atom. The zero-order chi connectivity index (χ0) is 25.4. The van der Waals surface area contributed by atoms with Crippen LogP contribution in [0.5, 0.6) is 11.8 Å². The second kappa shape index (κ2) is 9.57. The molecule has 188 valence electrons. The number of anilines is 1. The van der Waals surface area contributed by atoms with E-state index in [2.05, 4.69) is 42.0 Å². The maximum Gasteiger partial charge on any atom is 0.324 e. The molecule has 37 heavy (non-hydrogen) atoms. The second-order valence-electron chi connectivity index (χ2n) is 8.94. The highest BCUT2D eigenvalue weighted by Gasteiger charge is 2.28. The molecule has 0 aliphatic carbocycles. The number of halogens is 1. The summed E-state index contributed by atoms with van der Waals surface area (Å²) in [6.45, 7) is 5.23. The van der Waals surface area contributed by atoms with Crippen molar-refractivity contribution in [3.63, 3.8) is 0 Å². The number of nitrogens with zero attached hydrogens (tertiary/aromatic N) is 8. The Morgan fingerprint density at radius 2 is 1.81 bits per heavy atom. The topological polar surface area (TPSA) is 108 Å². The van der Waals surface area contributed by atoms with E-state index in [0.717, 1.165) is 37.9 Å². The number of benzene rings is 1. The van der Waals surface area contributed by atoms with Crippen molar-refractivity contribution in [1.29, 1.82) is 0 Å². The number of para-hydroxylation sites is 1. The van der Waals surface area contributed by atoms with Gasteiger partial charge < -0.3 is 18.6 Å². The summed E-state index contributed by atoms with van der Waals surface area (Å²) in [5, 5.41) is 8.19. The molecule has 1 aromatic carbocycles. The molecule has 1 aliphatic rings. The first kappa shape index (κ1) is 23.0. The molecule has 1 saturated heterocycles. The van der Waals surface area contributed by atoms with E-state index in [1.165, 1.54) is 6.20 Å². The molecule has 0 atom stereocenters. The average molecular weight is 501 g/mol. The summed E-state index contributed by atoms with van der Waals surface area (Å²) >= 11 is 0. The van der Waals surface area contributed by atoms with Crippen LogP contribution in [-0.2, 0) is 6.42 Å². The van der Waals surface area contributed by atoms with Crippen LogP contribution in [0.3, 0.4) is 0 Å². The first-order chi connectivity index (χ1) is 18.1. The van der Waals surface area contributed by atoms with Crippen LogP contribution < -0.4 is 9.64 Å². The van der Waals surface area contributed by atoms with Gasteiger partial charge >= 0.3 is 6.01 Å². The van der Waals surface area contributed by atoms with E-state index in [4.69, 9.17) is 9.15 Å². The highest BCUT2D eigenvalue weighted by Crippen LogP contribution is 2.35. The minimum Gasteiger partial charge on any atom is -0.424 e. The number of ether oxygens (including phenoxy) is 1. The molecule has 0 spiro atoms. The van der Waals surface area contributed by atoms with E-state index in [-0.39, 0.29) is 29.0 Å². The molecule has 6 rings (SSSR count). The molecule has 10 nitrogen and oxygen atoms in total. The van der Waals surface area contributed by atoms with Crippen LogP contribution in [0.25, 0.3) is 22.6 Å². The molecular weight excluding hydrogens is 475 g/mol. The van der Waals surface area contributed by atoms with Gasteiger partial charge in [-0.3, -0.25) is 0 Å². The smallest absolute Gasteiger partial charge is 0.324 e. The van der Waals surface area contributed by atoms with Crippen LogP contribution in [-0.4, -0.2) is 47.8 Å². The van der Waals surface area contributed by atoms with Gasteiger partial charge in [-0.2, -0.15) is 9.97 Å². The van der Waals surface area contributed by atoms with Crippen molar-refractivity contribution in [1.82, 2.24) is 34.7 Å². The van der Waals surface area contributed by atoms with Crippen molar-refractivity contribution in [2.45, 2.75) is 39.2 Å². The summed E-state index contributed by atoms with van der Waals surface area (Å²) in [5.74, 6) is 1.30. The second-order valence-corrected chi connectivity index (χ2v) is 8.94. The van der Waals surface area contributed by atoms with E-state index >= 15 is 4.39 Å².